The molecule has 0 radical (unpaired) electrons. The molecule has 1 atom stereocenters. The van der Waals surface area contributed by atoms with E-state index < -0.39 is 6.23 Å². The lowest BCUT2D eigenvalue weighted by Gasteiger charge is -2.23. The first-order chi connectivity index (χ1) is 9.75. The fraction of sp³-hybridized carbons (Fsp3) is 0.235. The molecule has 3 nitrogen and oxygen atoms in total. The maximum absolute atomic E-state index is 12.0. The first kappa shape index (κ1) is 12.9. The third kappa shape index (κ3) is 2.45. The average molecular weight is 267 g/mol. The van der Waals surface area contributed by atoms with Crippen molar-refractivity contribution in [1.82, 2.24) is 0 Å². The van der Waals surface area contributed by atoms with Crippen LogP contribution in [0.4, 0.5) is 5.69 Å². The lowest BCUT2D eigenvalue weighted by molar-refractivity contribution is -0.117. The van der Waals surface area contributed by atoms with Gasteiger partial charge in [0.1, 0.15) is 6.23 Å². The van der Waals surface area contributed by atoms with Crippen LogP contribution in [0.15, 0.2) is 54.6 Å². The van der Waals surface area contributed by atoms with Crippen molar-refractivity contribution in [2.75, 3.05) is 4.90 Å². The van der Waals surface area contributed by atoms with Gasteiger partial charge >= 0.3 is 0 Å². The summed E-state index contributed by atoms with van der Waals surface area (Å²) in [5, 5.41) is 10.0. The summed E-state index contributed by atoms with van der Waals surface area (Å²) in [5.41, 5.74) is 3.08. The number of amides is 1. The summed E-state index contributed by atoms with van der Waals surface area (Å²) < 4.78 is 0. The third-order valence-corrected chi connectivity index (χ3v) is 3.67. The Labute approximate surface area is 118 Å². The van der Waals surface area contributed by atoms with Crippen molar-refractivity contribution in [1.29, 1.82) is 0 Å². The second-order valence-electron chi connectivity index (χ2n) is 5.07. The van der Waals surface area contributed by atoms with E-state index in [2.05, 4.69) is 12.1 Å². The van der Waals surface area contributed by atoms with Gasteiger partial charge in [0.15, 0.2) is 0 Å². The molecular formula is C17H17NO2. The van der Waals surface area contributed by atoms with E-state index >= 15 is 0 Å². The molecule has 0 bridgehead atoms. The molecule has 1 aliphatic rings. The molecule has 3 heteroatoms. The van der Waals surface area contributed by atoms with E-state index in [1.54, 1.807) is 0 Å². The van der Waals surface area contributed by atoms with Gasteiger partial charge in [-0.3, -0.25) is 9.69 Å². The van der Waals surface area contributed by atoms with Crippen molar-refractivity contribution in [3.05, 3.63) is 65.7 Å². The molecule has 1 fully saturated rings. The van der Waals surface area contributed by atoms with Crippen molar-refractivity contribution < 1.29 is 9.90 Å². The van der Waals surface area contributed by atoms with Gasteiger partial charge in [-0.05, 0) is 23.6 Å². The maximum atomic E-state index is 12.0. The fourth-order valence-electron chi connectivity index (χ4n) is 2.67. The highest BCUT2D eigenvalue weighted by Crippen LogP contribution is 2.29. The van der Waals surface area contributed by atoms with Gasteiger partial charge in [0, 0.05) is 18.5 Å². The van der Waals surface area contributed by atoms with Crippen LogP contribution in [0.2, 0.25) is 0 Å². The zero-order valence-corrected chi connectivity index (χ0v) is 11.2. The molecule has 1 aliphatic heterocycles. The first-order valence-electron chi connectivity index (χ1n) is 6.87. The van der Waals surface area contributed by atoms with E-state index in [4.69, 9.17) is 0 Å². The highest BCUT2D eigenvalue weighted by molar-refractivity contribution is 5.96. The summed E-state index contributed by atoms with van der Waals surface area (Å²) in [4.78, 5) is 13.5. The monoisotopic (exact) mass is 267 g/mol. The lowest BCUT2D eigenvalue weighted by Crippen LogP contribution is -2.33. The second-order valence-corrected chi connectivity index (χ2v) is 5.07. The Hall–Kier alpha value is -2.13. The minimum atomic E-state index is -0.695. The lowest BCUT2D eigenvalue weighted by atomic mass is 10.0. The van der Waals surface area contributed by atoms with Gasteiger partial charge in [0.2, 0.25) is 5.91 Å². The Morgan fingerprint density at radius 2 is 1.75 bits per heavy atom. The quantitative estimate of drug-likeness (QED) is 0.929. The average Bonchev–Trinajstić information content (AvgIpc) is 2.80. The van der Waals surface area contributed by atoms with Crippen LogP contribution in [-0.4, -0.2) is 17.2 Å². The Kier molecular flexibility index (Phi) is 3.52. The van der Waals surface area contributed by atoms with Crippen LogP contribution in [0, 0.1) is 0 Å². The van der Waals surface area contributed by atoms with Crippen LogP contribution < -0.4 is 4.90 Å². The zero-order chi connectivity index (χ0) is 13.9. The molecule has 2 aromatic rings. The van der Waals surface area contributed by atoms with Gasteiger partial charge in [0.25, 0.3) is 0 Å². The SMILES string of the molecule is O=C1CCC(O)N1c1ccccc1Cc1ccccc1. The summed E-state index contributed by atoms with van der Waals surface area (Å²) in [6.07, 6.45) is 0.992. The number of aliphatic hydroxyl groups is 1. The smallest absolute Gasteiger partial charge is 0.229 e. The minimum Gasteiger partial charge on any atom is -0.373 e. The number of carbonyl (C=O) groups excluding carboxylic acids is 1. The summed E-state index contributed by atoms with van der Waals surface area (Å²) >= 11 is 0. The summed E-state index contributed by atoms with van der Waals surface area (Å²) in [5.74, 6) is -0.00184. The van der Waals surface area contributed by atoms with E-state index in [-0.39, 0.29) is 5.91 Å². The summed E-state index contributed by atoms with van der Waals surface area (Å²) in [7, 11) is 0. The van der Waals surface area contributed by atoms with Gasteiger partial charge in [-0.15, -0.1) is 0 Å². The Bertz CT molecular complexity index is 609. The topological polar surface area (TPSA) is 40.5 Å². The normalized spacial score (nSPS) is 18.6. The molecule has 1 saturated heterocycles. The number of rotatable bonds is 3. The molecule has 20 heavy (non-hydrogen) atoms. The van der Waals surface area contributed by atoms with E-state index in [1.165, 1.54) is 10.5 Å². The van der Waals surface area contributed by atoms with Crippen LogP contribution >= 0.6 is 0 Å². The van der Waals surface area contributed by atoms with Gasteiger partial charge < -0.3 is 5.11 Å². The Morgan fingerprint density at radius 1 is 1.05 bits per heavy atom. The predicted octanol–water partition coefficient (Wildman–Crippen LogP) is 2.72. The van der Waals surface area contributed by atoms with Crippen LogP contribution in [0.5, 0.6) is 0 Å². The van der Waals surface area contributed by atoms with Gasteiger partial charge in [-0.2, -0.15) is 0 Å². The minimum absolute atomic E-state index is 0.00184. The van der Waals surface area contributed by atoms with Crippen molar-refractivity contribution >= 4 is 11.6 Å². The molecule has 1 amide bonds. The molecule has 1 N–H and O–H groups in total. The van der Waals surface area contributed by atoms with Crippen LogP contribution in [0.3, 0.4) is 0 Å². The first-order valence-corrected chi connectivity index (χ1v) is 6.87. The number of hydrogen-bond acceptors (Lipinski definition) is 2. The van der Waals surface area contributed by atoms with Gasteiger partial charge in [-0.25, -0.2) is 0 Å². The molecular weight excluding hydrogens is 250 g/mol. The number of carbonyl (C=O) groups is 1. The number of hydrogen-bond donors (Lipinski definition) is 1. The number of para-hydroxylation sites is 1. The van der Waals surface area contributed by atoms with Crippen LogP contribution in [0.25, 0.3) is 0 Å². The molecule has 102 valence electrons. The molecule has 3 rings (SSSR count). The molecule has 2 aromatic carbocycles. The Balaban J connectivity index is 1.94. The molecule has 0 saturated carbocycles. The van der Waals surface area contributed by atoms with E-state index in [9.17, 15) is 9.90 Å². The molecule has 1 heterocycles. The number of benzene rings is 2. The summed E-state index contributed by atoms with van der Waals surface area (Å²) in [6.45, 7) is 0. The Morgan fingerprint density at radius 3 is 2.45 bits per heavy atom. The van der Waals surface area contributed by atoms with Crippen LogP contribution in [0.1, 0.15) is 24.0 Å². The number of anilines is 1. The second kappa shape index (κ2) is 5.47. The van der Waals surface area contributed by atoms with E-state index in [0.29, 0.717) is 12.8 Å². The molecule has 1 unspecified atom stereocenters. The van der Waals surface area contributed by atoms with E-state index in [0.717, 1.165) is 17.7 Å². The highest BCUT2D eigenvalue weighted by atomic mass is 16.3. The third-order valence-electron chi connectivity index (χ3n) is 3.67. The largest absolute Gasteiger partial charge is 0.373 e. The van der Waals surface area contributed by atoms with Crippen molar-refractivity contribution in [3.63, 3.8) is 0 Å². The molecule has 0 aliphatic carbocycles. The van der Waals surface area contributed by atoms with Crippen LogP contribution in [-0.2, 0) is 11.2 Å². The van der Waals surface area contributed by atoms with Gasteiger partial charge in [0.05, 0.1) is 0 Å². The highest BCUT2D eigenvalue weighted by Gasteiger charge is 2.31. The predicted molar refractivity (Wildman–Crippen MR) is 78.4 cm³/mol. The van der Waals surface area contributed by atoms with Crippen molar-refractivity contribution in [2.45, 2.75) is 25.5 Å². The molecule has 0 aromatic heterocycles. The van der Waals surface area contributed by atoms with Crippen molar-refractivity contribution in [2.24, 2.45) is 0 Å². The maximum Gasteiger partial charge on any atom is 0.229 e. The molecule has 0 spiro atoms. The zero-order valence-electron chi connectivity index (χ0n) is 11.2. The summed E-state index contributed by atoms with van der Waals surface area (Å²) in [6, 6.07) is 17.9. The van der Waals surface area contributed by atoms with Gasteiger partial charge in [-0.1, -0.05) is 48.5 Å². The fourth-order valence-corrected chi connectivity index (χ4v) is 2.67. The number of aliphatic hydroxyl groups excluding tert-OH is 1. The van der Waals surface area contributed by atoms with Crippen molar-refractivity contribution in [3.8, 4) is 0 Å². The standard InChI is InChI=1S/C17H17NO2/c19-16-10-11-17(20)18(16)15-9-5-4-8-14(15)12-13-6-2-1-3-7-13/h1-9,16,19H,10-12H2. The number of nitrogens with zero attached hydrogens (tertiary/aromatic N) is 1. The van der Waals surface area contributed by atoms with E-state index in [1.807, 2.05) is 42.5 Å².